The summed E-state index contributed by atoms with van der Waals surface area (Å²) in [5, 5.41) is 17.4. The van der Waals surface area contributed by atoms with Crippen molar-refractivity contribution >= 4 is 51.1 Å². The minimum atomic E-state index is -0.102. The Labute approximate surface area is 205 Å². The molecule has 1 amide bonds. The molecule has 0 aliphatic heterocycles. The lowest BCUT2D eigenvalue weighted by atomic mass is 10.1. The normalized spacial score (nSPS) is 13.7. The van der Waals surface area contributed by atoms with E-state index in [4.69, 9.17) is 11.6 Å². The highest BCUT2D eigenvalue weighted by atomic mass is 35.5. The number of nitrogens with zero attached hydrogens (tertiary/aromatic N) is 4. The first-order valence-electron chi connectivity index (χ1n) is 11.2. The zero-order valence-electron chi connectivity index (χ0n) is 18.8. The van der Waals surface area contributed by atoms with Gasteiger partial charge < -0.3 is 9.88 Å². The van der Waals surface area contributed by atoms with E-state index in [0.717, 1.165) is 42.9 Å². The Morgan fingerprint density at radius 1 is 1.24 bits per heavy atom. The summed E-state index contributed by atoms with van der Waals surface area (Å²) >= 11 is 7.99. The Balaban J connectivity index is 1.23. The Morgan fingerprint density at radius 2 is 2.09 bits per heavy atom. The highest BCUT2D eigenvalue weighted by Crippen LogP contribution is 2.38. The van der Waals surface area contributed by atoms with E-state index >= 15 is 0 Å². The molecule has 0 radical (unpaired) electrons. The molecule has 1 fully saturated rings. The molecule has 3 aromatic heterocycles. The third-order valence-corrected chi connectivity index (χ3v) is 7.86. The summed E-state index contributed by atoms with van der Waals surface area (Å²) in [5.74, 6) is -0.102. The standard InChI is InChI=1S/C25H23ClN6OS/c1-14-22(34-19-8-17-12-28-30-23(17)20(26)9-19)10-21(31(14)2)25(33)27-11-15-4-3-5-16-13-29-32(24(15)16)18-6-7-18/h3-5,8-10,12-13,18H,6-7,11H2,1-2H3,(H,27,33)(H,28,30). The Kier molecular flexibility index (Phi) is 5.15. The Morgan fingerprint density at radius 3 is 2.91 bits per heavy atom. The number of halogens is 1. The number of H-pyrrole nitrogens is 1. The topological polar surface area (TPSA) is 80.5 Å². The van der Waals surface area contributed by atoms with Crippen molar-refractivity contribution in [1.82, 2.24) is 29.9 Å². The molecule has 0 bridgehead atoms. The summed E-state index contributed by atoms with van der Waals surface area (Å²) in [4.78, 5) is 15.2. The van der Waals surface area contributed by atoms with Crippen LogP contribution in [-0.4, -0.2) is 30.5 Å². The lowest BCUT2D eigenvalue weighted by Gasteiger charge is -2.10. The average molecular weight is 491 g/mol. The van der Waals surface area contributed by atoms with Crippen LogP contribution in [0.25, 0.3) is 21.8 Å². The van der Waals surface area contributed by atoms with Gasteiger partial charge in [-0.05, 0) is 43.5 Å². The van der Waals surface area contributed by atoms with Gasteiger partial charge in [0.25, 0.3) is 5.91 Å². The SMILES string of the molecule is Cc1c(Sc2cc(Cl)c3[nH]ncc3c2)cc(C(=O)NCc2cccc3cnn(C4CC4)c23)n1C. The number of fused-ring (bicyclic) bond motifs is 2. The second kappa shape index (κ2) is 8.21. The number of hydrogen-bond acceptors (Lipinski definition) is 4. The number of amides is 1. The first-order valence-corrected chi connectivity index (χ1v) is 12.4. The van der Waals surface area contributed by atoms with E-state index in [0.29, 0.717) is 23.3 Å². The van der Waals surface area contributed by atoms with Crippen LogP contribution in [0.3, 0.4) is 0 Å². The molecular weight excluding hydrogens is 468 g/mol. The summed E-state index contributed by atoms with van der Waals surface area (Å²) in [6.45, 7) is 2.47. The molecule has 0 unspecified atom stereocenters. The van der Waals surface area contributed by atoms with Crippen molar-refractivity contribution in [3.63, 3.8) is 0 Å². The van der Waals surface area contributed by atoms with Crippen molar-refractivity contribution in [2.45, 2.75) is 42.1 Å². The third-order valence-electron chi connectivity index (χ3n) is 6.46. The van der Waals surface area contributed by atoms with Crippen LogP contribution in [0, 0.1) is 6.92 Å². The van der Waals surface area contributed by atoms with Crippen LogP contribution in [0.2, 0.25) is 5.02 Å². The zero-order valence-corrected chi connectivity index (χ0v) is 20.4. The number of benzene rings is 2. The minimum Gasteiger partial charge on any atom is -0.347 e. The number of aromatic amines is 1. The quantitative estimate of drug-likeness (QED) is 0.323. The van der Waals surface area contributed by atoms with Gasteiger partial charge in [0.15, 0.2) is 0 Å². The van der Waals surface area contributed by atoms with Crippen LogP contribution >= 0.6 is 23.4 Å². The van der Waals surface area contributed by atoms with Gasteiger partial charge in [0.05, 0.1) is 34.5 Å². The van der Waals surface area contributed by atoms with E-state index in [1.807, 2.05) is 49.0 Å². The lowest BCUT2D eigenvalue weighted by molar-refractivity contribution is 0.0942. The molecule has 9 heteroatoms. The van der Waals surface area contributed by atoms with Gasteiger partial charge in [-0.25, -0.2) is 0 Å². The maximum atomic E-state index is 13.2. The van der Waals surface area contributed by atoms with Gasteiger partial charge in [0.1, 0.15) is 5.69 Å². The van der Waals surface area contributed by atoms with Crippen molar-refractivity contribution < 1.29 is 4.79 Å². The highest BCUT2D eigenvalue weighted by Gasteiger charge is 2.27. The first kappa shape index (κ1) is 21.3. The fourth-order valence-electron chi connectivity index (χ4n) is 4.35. The fourth-order valence-corrected chi connectivity index (χ4v) is 5.75. The predicted octanol–water partition coefficient (Wildman–Crippen LogP) is 5.63. The summed E-state index contributed by atoms with van der Waals surface area (Å²) in [7, 11) is 1.92. The highest BCUT2D eigenvalue weighted by molar-refractivity contribution is 7.99. The molecule has 0 spiro atoms. The minimum absolute atomic E-state index is 0.102. The second-order valence-corrected chi connectivity index (χ2v) is 10.3. The van der Waals surface area contributed by atoms with Gasteiger partial charge in [-0.3, -0.25) is 14.6 Å². The van der Waals surface area contributed by atoms with Gasteiger partial charge in [-0.15, -0.1) is 0 Å². The van der Waals surface area contributed by atoms with Gasteiger partial charge in [-0.2, -0.15) is 10.2 Å². The molecule has 1 saturated carbocycles. The molecule has 1 aliphatic carbocycles. The number of rotatable bonds is 6. The summed E-state index contributed by atoms with van der Waals surface area (Å²) in [6.07, 6.45) is 6.01. The molecule has 5 aromatic rings. The van der Waals surface area contributed by atoms with Gasteiger partial charge in [0.2, 0.25) is 0 Å². The van der Waals surface area contributed by atoms with Crippen LogP contribution in [0.15, 0.2) is 58.6 Å². The maximum Gasteiger partial charge on any atom is 0.268 e. The first-order chi connectivity index (χ1) is 16.5. The van der Waals surface area contributed by atoms with E-state index in [1.54, 1.807) is 18.0 Å². The summed E-state index contributed by atoms with van der Waals surface area (Å²) in [5.41, 5.74) is 4.68. The number of carbonyl (C=O) groups is 1. The molecule has 0 atom stereocenters. The van der Waals surface area contributed by atoms with Crippen LogP contribution in [0.1, 0.15) is 40.6 Å². The summed E-state index contributed by atoms with van der Waals surface area (Å²) < 4.78 is 4.05. The van der Waals surface area contributed by atoms with Crippen LogP contribution in [0.4, 0.5) is 0 Å². The van der Waals surface area contributed by atoms with Gasteiger partial charge >= 0.3 is 0 Å². The molecule has 2 N–H and O–H groups in total. The maximum absolute atomic E-state index is 13.2. The largest absolute Gasteiger partial charge is 0.347 e. The van der Waals surface area contributed by atoms with Crippen molar-refractivity contribution in [3.05, 3.63) is 70.8 Å². The molecule has 1 aliphatic rings. The van der Waals surface area contributed by atoms with Crippen LogP contribution in [-0.2, 0) is 13.6 Å². The fraction of sp³-hybridized carbons (Fsp3) is 0.240. The van der Waals surface area contributed by atoms with E-state index in [9.17, 15) is 4.79 Å². The molecule has 6 rings (SSSR count). The number of para-hydroxylation sites is 1. The molecule has 0 saturated heterocycles. The van der Waals surface area contributed by atoms with Crippen molar-refractivity contribution in [1.29, 1.82) is 0 Å². The average Bonchev–Trinajstić information content (AvgIpc) is 3.27. The third kappa shape index (κ3) is 3.67. The zero-order chi connectivity index (χ0) is 23.4. The Bertz CT molecular complexity index is 1560. The van der Waals surface area contributed by atoms with Gasteiger partial charge in [0, 0.05) is 39.8 Å². The molecule has 2 aromatic carbocycles. The molecule has 7 nitrogen and oxygen atoms in total. The monoisotopic (exact) mass is 490 g/mol. The lowest BCUT2D eigenvalue weighted by Crippen LogP contribution is -2.25. The molecule has 34 heavy (non-hydrogen) atoms. The van der Waals surface area contributed by atoms with Crippen molar-refractivity contribution in [3.8, 4) is 0 Å². The smallest absolute Gasteiger partial charge is 0.268 e. The number of hydrogen-bond donors (Lipinski definition) is 2. The second-order valence-electron chi connectivity index (χ2n) is 8.74. The van der Waals surface area contributed by atoms with Crippen LogP contribution in [0.5, 0.6) is 0 Å². The number of aromatic nitrogens is 5. The number of carbonyl (C=O) groups excluding carboxylic acids is 1. The summed E-state index contributed by atoms with van der Waals surface area (Å²) in [6, 6.07) is 12.6. The van der Waals surface area contributed by atoms with E-state index in [1.165, 1.54) is 12.8 Å². The van der Waals surface area contributed by atoms with Crippen LogP contribution < -0.4 is 5.32 Å². The molecule has 172 valence electrons. The van der Waals surface area contributed by atoms with Crippen molar-refractivity contribution in [2.24, 2.45) is 7.05 Å². The van der Waals surface area contributed by atoms with E-state index in [2.05, 4.69) is 37.4 Å². The number of nitrogens with one attached hydrogen (secondary N) is 2. The molecule has 3 heterocycles. The van der Waals surface area contributed by atoms with Gasteiger partial charge in [-0.1, -0.05) is 41.6 Å². The van der Waals surface area contributed by atoms with E-state index < -0.39 is 0 Å². The van der Waals surface area contributed by atoms with E-state index in [-0.39, 0.29) is 5.91 Å². The molecular formula is C25H23ClN6OS. The Hall–Kier alpha value is -3.23. The van der Waals surface area contributed by atoms with Crippen molar-refractivity contribution in [2.75, 3.05) is 0 Å². The predicted molar refractivity (Wildman–Crippen MR) is 135 cm³/mol.